The third kappa shape index (κ3) is 4.93. The Balaban J connectivity index is 1.51. The van der Waals surface area contributed by atoms with Crippen molar-refractivity contribution in [3.63, 3.8) is 0 Å². The van der Waals surface area contributed by atoms with Crippen LogP contribution in [0.15, 0.2) is 23.3 Å². The number of allylic oxidation sites excluding steroid dienone is 4. The van der Waals surface area contributed by atoms with Gasteiger partial charge in [-0.25, -0.2) is 0 Å². The van der Waals surface area contributed by atoms with E-state index in [1.54, 1.807) is 11.1 Å². The maximum absolute atomic E-state index is 3.49. The zero-order valence-electron chi connectivity index (χ0n) is 15.3. The van der Waals surface area contributed by atoms with Crippen LogP contribution in [0.25, 0.3) is 0 Å². The van der Waals surface area contributed by atoms with Gasteiger partial charge in [0.05, 0.1) is 0 Å². The van der Waals surface area contributed by atoms with E-state index in [0.717, 1.165) is 17.9 Å². The second kappa shape index (κ2) is 8.48. The molecule has 1 saturated carbocycles. The molecule has 1 heterocycles. The number of piperidine rings is 1. The lowest BCUT2D eigenvalue weighted by atomic mass is 9.81. The molecule has 0 aromatic rings. The van der Waals surface area contributed by atoms with E-state index in [2.05, 4.69) is 36.5 Å². The quantitative estimate of drug-likeness (QED) is 0.766. The van der Waals surface area contributed by atoms with E-state index in [1.807, 2.05) is 0 Å². The van der Waals surface area contributed by atoms with Crippen LogP contribution in [0.1, 0.15) is 64.2 Å². The molecule has 3 rings (SSSR count). The van der Waals surface area contributed by atoms with Gasteiger partial charge in [0.2, 0.25) is 0 Å². The summed E-state index contributed by atoms with van der Waals surface area (Å²) in [7, 11) is 4.39. The molecular weight excluding hydrogens is 280 g/mol. The van der Waals surface area contributed by atoms with Crippen molar-refractivity contribution < 1.29 is 0 Å². The van der Waals surface area contributed by atoms with Crippen LogP contribution in [0.3, 0.4) is 0 Å². The zero-order valence-corrected chi connectivity index (χ0v) is 15.3. The second-order valence-electron chi connectivity index (χ2n) is 8.21. The van der Waals surface area contributed by atoms with Crippen molar-refractivity contribution in [2.24, 2.45) is 11.8 Å². The van der Waals surface area contributed by atoms with E-state index in [-0.39, 0.29) is 0 Å². The third-order valence-corrected chi connectivity index (χ3v) is 6.56. The lowest BCUT2D eigenvalue weighted by Crippen LogP contribution is -2.30. The molecule has 2 atom stereocenters. The number of hydrogen-bond acceptors (Lipinski definition) is 2. The van der Waals surface area contributed by atoms with Gasteiger partial charge in [-0.2, -0.15) is 0 Å². The monoisotopic (exact) mass is 316 g/mol. The van der Waals surface area contributed by atoms with Gasteiger partial charge in [-0.1, -0.05) is 29.7 Å². The van der Waals surface area contributed by atoms with Crippen molar-refractivity contribution in [1.29, 1.82) is 0 Å². The van der Waals surface area contributed by atoms with Gasteiger partial charge >= 0.3 is 0 Å². The normalized spacial score (nSPS) is 31.4. The standard InChI is InChI=1S/C21H36N2/c1-22-21-5-3-4-19(10-11-21)20-8-6-17(7-9-20)16-18-12-14-23(2)15-13-18/h6,8,18-19,21-22H,3-5,7,9-16H2,1-2H3. The molecule has 0 radical (unpaired) electrons. The van der Waals surface area contributed by atoms with Gasteiger partial charge < -0.3 is 10.2 Å². The molecule has 130 valence electrons. The molecule has 2 unspecified atom stereocenters. The predicted molar refractivity (Wildman–Crippen MR) is 99.7 cm³/mol. The molecule has 2 aliphatic carbocycles. The summed E-state index contributed by atoms with van der Waals surface area (Å²) >= 11 is 0. The highest BCUT2D eigenvalue weighted by molar-refractivity contribution is 5.26. The van der Waals surface area contributed by atoms with Gasteiger partial charge in [0, 0.05) is 6.04 Å². The maximum Gasteiger partial charge on any atom is 0.00642 e. The van der Waals surface area contributed by atoms with E-state index < -0.39 is 0 Å². The zero-order chi connectivity index (χ0) is 16.1. The Morgan fingerprint density at radius 2 is 1.83 bits per heavy atom. The summed E-state index contributed by atoms with van der Waals surface area (Å²) in [4.78, 5) is 2.48. The van der Waals surface area contributed by atoms with E-state index in [0.29, 0.717) is 0 Å². The van der Waals surface area contributed by atoms with Gasteiger partial charge in [0.1, 0.15) is 0 Å². The number of hydrogen-bond donors (Lipinski definition) is 1. The Kier molecular flexibility index (Phi) is 6.36. The minimum atomic E-state index is 0.764. The molecule has 23 heavy (non-hydrogen) atoms. The molecule has 0 amide bonds. The summed E-state index contributed by atoms with van der Waals surface area (Å²) in [6, 6.07) is 0.764. The van der Waals surface area contributed by atoms with E-state index in [9.17, 15) is 0 Å². The van der Waals surface area contributed by atoms with E-state index in [4.69, 9.17) is 0 Å². The van der Waals surface area contributed by atoms with Crippen molar-refractivity contribution in [2.75, 3.05) is 27.2 Å². The highest BCUT2D eigenvalue weighted by Gasteiger charge is 2.23. The summed E-state index contributed by atoms with van der Waals surface area (Å²) in [5.74, 6) is 1.82. The molecule has 1 aliphatic heterocycles. The predicted octanol–water partition coefficient (Wildman–Crippen LogP) is 4.53. The van der Waals surface area contributed by atoms with Gasteiger partial charge in [-0.05, 0) is 96.8 Å². The van der Waals surface area contributed by atoms with Crippen LogP contribution in [-0.4, -0.2) is 38.1 Å². The largest absolute Gasteiger partial charge is 0.317 e. The number of rotatable bonds is 4. The SMILES string of the molecule is CNC1CCCC(C2=CC=C(CC3CCN(C)CC3)CC2)CC1. The molecule has 0 spiro atoms. The smallest absolute Gasteiger partial charge is 0.00642 e. The summed E-state index contributed by atoms with van der Waals surface area (Å²) in [6.07, 6.45) is 18.8. The van der Waals surface area contributed by atoms with E-state index >= 15 is 0 Å². The number of nitrogens with zero attached hydrogens (tertiary/aromatic N) is 1. The molecule has 0 aromatic carbocycles. The molecular formula is C21H36N2. The fourth-order valence-electron chi connectivity index (χ4n) is 4.80. The minimum Gasteiger partial charge on any atom is -0.317 e. The van der Waals surface area contributed by atoms with E-state index in [1.165, 1.54) is 77.3 Å². The molecule has 0 aromatic heterocycles. The molecule has 2 fully saturated rings. The molecule has 1 saturated heterocycles. The van der Waals surface area contributed by atoms with Gasteiger partial charge in [0.25, 0.3) is 0 Å². The Labute approximate surface area is 143 Å². The first kappa shape index (κ1) is 17.2. The summed E-state index contributed by atoms with van der Waals surface area (Å²) in [5, 5.41) is 3.49. The van der Waals surface area contributed by atoms with Crippen LogP contribution in [0.4, 0.5) is 0 Å². The number of nitrogens with one attached hydrogen (secondary N) is 1. The Morgan fingerprint density at radius 1 is 1.00 bits per heavy atom. The van der Waals surface area contributed by atoms with Crippen LogP contribution < -0.4 is 5.32 Å². The van der Waals surface area contributed by atoms with Crippen LogP contribution in [-0.2, 0) is 0 Å². The molecule has 2 heteroatoms. The van der Waals surface area contributed by atoms with Crippen molar-refractivity contribution in [3.05, 3.63) is 23.3 Å². The minimum absolute atomic E-state index is 0.764. The van der Waals surface area contributed by atoms with Crippen LogP contribution >= 0.6 is 0 Å². The highest BCUT2D eigenvalue weighted by Crippen LogP contribution is 2.36. The lowest BCUT2D eigenvalue weighted by Gasteiger charge is -2.30. The van der Waals surface area contributed by atoms with Crippen molar-refractivity contribution >= 4 is 0 Å². The summed E-state index contributed by atoms with van der Waals surface area (Å²) < 4.78 is 0. The highest BCUT2D eigenvalue weighted by atomic mass is 15.1. The Hall–Kier alpha value is -0.600. The average molecular weight is 317 g/mol. The van der Waals surface area contributed by atoms with Gasteiger partial charge in [0.15, 0.2) is 0 Å². The first-order valence-electron chi connectivity index (χ1n) is 9.99. The van der Waals surface area contributed by atoms with Crippen molar-refractivity contribution in [2.45, 2.75) is 70.3 Å². The molecule has 2 nitrogen and oxygen atoms in total. The van der Waals surface area contributed by atoms with Crippen molar-refractivity contribution in [1.82, 2.24) is 10.2 Å². The first-order chi connectivity index (χ1) is 11.2. The molecule has 3 aliphatic rings. The molecule has 1 N–H and O–H groups in total. The summed E-state index contributed by atoms with van der Waals surface area (Å²) in [6.45, 7) is 2.60. The summed E-state index contributed by atoms with van der Waals surface area (Å²) in [5.41, 5.74) is 3.49. The van der Waals surface area contributed by atoms with Crippen LogP contribution in [0.2, 0.25) is 0 Å². The number of likely N-dealkylation sites (tertiary alicyclic amines) is 1. The fraction of sp³-hybridized carbons (Fsp3) is 0.810. The fourth-order valence-corrected chi connectivity index (χ4v) is 4.80. The van der Waals surface area contributed by atoms with Crippen molar-refractivity contribution in [3.8, 4) is 0 Å². The lowest BCUT2D eigenvalue weighted by molar-refractivity contribution is 0.218. The van der Waals surface area contributed by atoms with Crippen LogP contribution in [0.5, 0.6) is 0 Å². The van der Waals surface area contributed by atoms with Gasteiger partial charge in [-0.3, -0.25) is 0 Å². The second-order valence-corrected chi connectivity index (χ2v) is 8.21. The Bertz CT molecular complexity index is 429. The first-order valence-corrected chi connectivity index (χ1v) is 9.99. The average Bonchev–Trinajstić information content (AvgIpc) is 2.83. The topological polar surface area (TPSA) is 15.3 Å². The molecule has 0 bridgehead atoms. The third-order valence-electron chi connectivity index (χ3n) is 6.56. The van der Waals surface area contributed by atoms with Crippen LogP contribution in [0, 0.1) is 11.8 Å². The van der Waals surface area contributed by atoms with Gasteiger partial charge in [-0.15, -0.1) is 0 Å². The Morgan fingerprint density at radius 3 is 2.52 bits per heavy atom. The maximum atomic E-state index is 3.49.